The maximum absolute atomic E-state index is 8.66. The number of rotatable bonds is 3. The summed E-state index contributed by atoms with van der Waals surface area (Å²) in [6.07, 6.45) is 0. The highest BCUT2D eigenvalue weighted by atomic mass is 16.5. The molecule has 0 atom stereocenters. The highest BCUT2D eigenvalue weighted by Gasteiger charge is 1.98. The first-order chi connectivity index (χ1) is 5.38. The van der Waals surface area contributed by atoms with Crippen LogP contribution < -0.4 is 10.6 Å². The summed E-state index contributed by atoms with van der Waals surface area (Å²) >= 11 is 0. The smallest absolute Gasteiger partial charge is 0.0541 e. The second kappa shape index (κ2) is 3.95. The molecule has 0 fully saturated rings. The second-order valence-corrected chi connectivity index (χ2v) is 2.18. The van der Waals surface area contributed by atoms with E-state index >= 15 is 0 Å². The zero-order valence-electron chi connectivity index (χ0n) is 6.49. The SMILES string of the molecule is CCN(NO)c1ccccc1. The molecular formula is C8H12N2O. The van der Waals surface area contributed by atoms with Crippen LogP contribution in [0.4, 0.5) is 5.69 Å². The minimum absolute atomic E-state index is 0.723. The normalized spacial score (nSPS) is 9.64. The van der Waals surface area contributed by atoms with Crippen molar-refractivity contribution in [2.24, 2.45) is 0 Å². The van der Waals surface area contributed by atoms with Crippen molar-refractivity contribution < 1.29 is 5.21 Å². The van der Waals surface area contributed by atoms with E-state index in [-0.39, 0.29) is 0 Å². The van der Waals surface area contributed by atoms with Gasteiger partial charge in [0.1, 0.15) is 0 Å². The number of hydrogen-bond acceptors (Lipinski definition) is 3. The quantitative estimate of drug-likeness (QED) is 0.643. The molecule has 0 aliphatic carbocycles. The molecule has 2 N–H and O–H groups in total. The van der Waals surface area contributed by atoms with Gasteiger partial charge in [-0.25, -0.2) is 0 Å². The summed E-state index contributed by atoms with van der Waals surface area (Å²) in [7, 11) is 0. The third-order valence-electron chi connectivity index (χ3n) is 1.50. The summed E-state index contributed by atoms with van der Waals surface area (Å²) in [6, 6.07) is 9.64. The van der Waals surface area contributed by atoms with E-state index in [0.29, 0.717) is 0 Å². The zero-order chi connectivity index (χ0) is 8.10. The fourth-order valence-electron chi connectivity index (χ4n) is 0.919. The maximum atomic E-state index is 8.66. The van der Waals surface area contributed by atoms with E-state index in [1.807, 2.05) is 37.3 Å². The van der Waals surface area contributed by atoms with Crippen LogP contribution in [0.25, 0.3) is 0 Å². The molecule has 0 radical (unpaired) electrons. The Morgan fingerprint density at radius 1 is 1.36 bits per heavy atom. The molecule has 1 aromatic rings. The average molecular weight is 152 g/mol. The third-order valence-corrected chi connectivity index (χ3v) is 1.50. The van der Waals surface area contributed by atoms with Crippen LogP contribution in [0.1, 0.15) is 6.92 Å². The third kappa shape index (κ3) is 1.93. The number of hydrogen-bond donors (Lipinski definition) is 2. The summed E-state index contributed by atoms with van der Waals surface area (Å²) in [5, 5.41) is 10.3. The van der Waals surface area contributed by atoms with Gasteiger partial charge < -0.3 is 0 Å². The zero-order valence-corrected chi connectivity index (χ0v) is 6.49. The Morgan fingerprint density at radius 3 is 2.45 bits per heavy atom. The van der Waals surface area contributed by atoms with Gasteiger partial charge in [-0.2, -0.15) is 0 Å². The molecule has 11 heavy (non-hydrogen) atoms. The lowest BCUT2D eigenvalue weighted by Crippen LogP contribution is -2.34. The topological polar surface area (TPSA) is 35.5 Å². The molecule has 1 aromatic carbocycles. The van der Waals surface area contributed by atoms with E-state index in [4.69, 9.17) is 5.21 Å². The Morgan fingerprint density at radius 2 is 2.00 bits per heavy atom. The maximum Gasteiger partial charge on any atom is 0.0541 e. The van der Waals surface area contributed by atoms with Crippen molar-refractivity contribution in [3.05, 3.63) is 30.3 Å². The van der Waals surface area contributed by atoms with Crippen LogP contribution in [-0.4, -0.2) is 11.8 Å². The van der Waals surface area contributed by atoms with Gasteiger partial charge in [-0.15, -0.1) is 5.59 Å². The van der Waals surface area contributed by atoms with E-state index < -0.39 is 0 Å². The lowest BCUT2D eigenvalue weighted by molar-refractivity contribution is 0.156. The van der Waals surface area contributed by atoms with Gasteiger partial charge in [-0.3, -0.25) is 10.2 Å². The number of hydrazine groups is 1. The summed E-state index contributed by atoms with van der Waals surface area (Å²) in [5.74, 6) is 0. The van der Waals surface area contributed by atoms with E-state index in [0.717, 1.165) is 12.2 Å². The fraction of sp³-hybridized carbons (Fsp3) is 0.250. The van der Waals surface area contributed by atoms with Gasteiger partial charge in [0.2, 0.25) is 0 Å². The molecule has 0 aliphatic rings. The molecular weight excluding hydrogens is 140 g/mol. The lowest BCUT2D eigenvalue weighted by Gasteiger charge is -2.19. The van der Waals surface area contributed by atoms with Crippen molar-refractivity contribution in [2.75, 3.05) is 11.6 Å². The Bertz CT molecular complexity index is 197. The lowest BCUT2D eigenvalue weighted by atomic mass is 10.3. The first-order valence-electron chi connectivity index (χ1n) is 3.60. The summed E-state index contributed by atoms with van der Waals surface area (Å²) in [6.45, 7) is 2.68. The number of benzene rings is 1. The molecule has 1 rings (SSSR count). The van der Waals surface area contributed by atoms with Gasteiger partial charge in [0.25, 0.3) is 0 Å². The van der Waals surface area contributed by atoms with Crippen LogP contribution in [0.15, 0.2) is 30.3 Å². The van der Waals surface area contributed by atoms with Crippen LogP contribution >= 0.6 is 0 Å². The Kier molecular flexibility index (Phi) is 2.89. The van der Waals surface area contributed by atoms with Crippen molar-refractivity contribution in [3.63, 3.8) is 0 Å². The first kappa shape index (κ1) is 8.04. The molecule has 0 heterocycles. The van der Waals surface area contributed by atoms with Gasteiger partial charge >= 0.3 is 0 Å². The monoisotopic (exact) mass is 152 g/mol. The van der Waals surface area contributed by atoms with Crippen molar-refractivity contribution >= 4 is 5.69 Å². The molecule has 0 unspecified atom stereocenters. The average Bonchev–Trinajstić information content (AvgIpc) is 2.09. The van der Waals surface area contributed by atoms with Crippen molar-refractivity contribution in [1.29, 1.82) is 0 Å². The highest BCUT2D eigenvalue weighted by molar-refractivity contribution is 5.43. The van der Waals surface area contributed by atoms with Gasteiger partial charge in [0.15, 0.2) is 0 Å². The minimum atomic E-state index is 0.723. The molecule has 3 heteroatoms. The van der Waals surface area contributed by atoms with Gasteiger partial charge in [-0.1, -0.05) is 18.2 Å². The molecule has 3 nitrogen and oxygen atoms in total. The molecule has 0 amide bonds. The van der Waals surface area contributed by atoms with Crippen molar-refractivity contribution in [1.82, 2.24) is 5.59 Å². The van der Waals surface area contributed by atoms with Crippen LogP contribution in [0.2, 0.25) is 0 Å². The first-order valence-corrected chi connectivity index (χ1v) is 3.60. The summed E-state index contributed by atoms with van der Waals surface area (Å²) in [4.78, 5) is 0. The molecule has 0 saturated heterocycles. The number of para-hydroxylation sites is 1. The fourth-order valence-corrected chi connectivity index (χ4v) is 0.919. The predicted molar refractivity (Wildman–Crippen MR) is 44.4 cm³/mol. The summed E-state index contributed by atoms with van der Waals surface area (Å²) < 4.78 is 0. The standard InChI is InChI=1S/C8H12N2O/c1-2-10(9-11)8-6-4-3-5-7-8/h3-7,9,11H,2H2,1H3. The second-order valence-electron chi connectivity index (χ2n) is 2.18. The van der Waals surface area contributed by atoms with Gasteiger partial charge in [-0.05, 0) is 19.1 Å². The molecule has 0 saturated carbocycles. The van der Waals surface area contributed by atoms with Crippen molar-refractivity contribution in [2.45, 2.75) is 6.92 Å². The number of nitrogens with zero attached hydrogens (tertiary/aromatic N) is 1. The molecule has 0 bridgehead atoms. The van der Waals surface area contributed by atoms with Crippen LogP contribution in [0.5, 0.6) is 0 Å². The van der Waals surface area contributed by atoms with Crippen LogP contribution in [-0.2, 0) is 0 Å². The number of anilines is 1. The minimum Gasteiger partial charge on any atom is -0.297 e. The number of nitrogens with one attached hydrogen (secondary N) is 1. The summed E-state index contributed by atoms with van der Waals surface area (Å²) in [5.41, 5.74) is 3.06. The predicted octanol–water partition coefficient (Wildman–Crippen LogP) is 1.41. The van der Waals surface area contributed by atoms with E-state index in [1.165, 1.54) is 0 Å². The Balaban J connectivity index is 2.74. The molecule has 0 aromatic heterocycles. The van der Waals surface area contributed by atoms with Crippen LogP contribution in [0, 0.1) is 0 Å². The van der Waals surface area contributed by atoms with E-state index in [1.54, 1.807) is 5.01 Å². The molecule has 0 spiro atoms. The van der Waals surface area contributed by atoms with Crippen LogP contribution in [0.3, 0.4) is 0 Å². The largest absolute Gasteiger partial charge is 0.297 e. The molecule has 60 valence electrons. The van der Waals surface area contributed by atoms with E-state index in [2.05, 4.69) is 5.59 Å². The van der Waals surface area contributed by atoms with Gasteiger partial charge in [0, 0.05) is 6.54 Å². The van der Waals surface area contributed by atoms with E-state index in [9.17, 15) is 0 Å². The van der Waals surface area contributed by atoms with Crippen molar-refractivity contribution in [3.8, 4) is 0 Å². The molecule has 0 aliphatic heterocycles. The van der Waals surface area contributed by atoms with Gasteiger partial charge in [0.05, 0.1) is 5.69 Å². The highest BCUT2D eigenvalue weighted by Crippen LogP contribution is 2.09. The Labute approximate surface area is 66.2 Å². The Hall–Kier alpha value is -1.06.